The highest BCUT2D eigenvalue weighted by atomic mass is 32.2. The van der Waals surface area contributed by atoms with Gasteiger partial charge in [-0.25, -0.2) is 13.2 Å². The fraction of sp³-hybridized carbons (Fsp3) is 0.571. The number of carbonyl (C=O) groups is 3. The van der Waals surface area contributed by atoms with Gasteiger partial charge < -0.3 is 25.0 Å². The molecule has 188 valence electrons. The number of morpholine rings is 1. The van der Waals surface area contributed by atoms with Crippen molar-refractivity contribution in [2.45, 2.75) is 43.7 Å². The number of carbonyl (C=O) groups excluding carboxylic acids is 3. The van der Waals surface area contributed by atoms with Crippen molar-refractivity contribution < 1.29 is 41.1 Å². The van der Waals surface area contributed by atoms with Crippen LogP contribution in [0.5, 0.6) is 5.75 Å². The van der Waals surface area contributed by atoms with Crippen LogP contribution in [0, 0.1) is 0 Å². The van der Waals surface area contributed by atoms with Gasteiger partial charge in [-0.2, -0.15) is 8.78 Å². The Balaban J connectivity index is 1.75. The summed E-state index contributed by atoms with van der Waals surface area (Å²) in [7, 11) is -4.09. The molecule has 1 aliphatic heterocycles. The number of rotatable bonds is 9. The molecule has 1 heterocycles. The van der Waals surface area contributed by atoms with Crippen molar-refractivity contribution in [1.82, 2.24) is 15.5 Å². The van der Waals surface area contributed by atoms with Crippen LogP contribution in [-0.4, -0.2) is 81.8 Å². The van der Waals surface area contributed by atoms with Crippen LogP contribution in [0.15, 0.2) is 24.3 Å². The van der Waals surface area contributed by atoms with E-state index in [0.29, 0.717) is 32.5 Å². The van der Waals surface area contributed by atoms with E-state index < -0.39 is 52.0 Å². The highest BCUT2D eigenvalue weighted by Gasteiger charge is 2.33. The van der Waals surface area contributed by atoms with Gasteiger partial charge in [0.05, 0.1) is 30.8 Å². The Morgan fingerprint density at radius 3 is 2.56 bits per heavy atom. The van der Waals surface area contributed by atoms with E-state index >= 15 is 0 Å². The van der Waals surface area contributed by atoms with Crippen LogP contribution in [0.25, 0.3) is 0 Å². The average molecular weight is 504 g/mol. The summed E-state index contributed by atoms with van der Waals surface area (Å²) >= 11 is 0. The van der Waals surface area contributed by atoms with Gasteiger partial charge in [0.2, 0.25) is 5.91 Å². The highest BCUT2D eigenvalue weighted by Crippen LogP contribution is 2.23. The molecule has 2 unspecified atom stereocenters. The number of nitrogens with zero attached hydrogens (tertiary/aromatic N) is 1. The molecule has 34 heavy (non-hydrogen) atoms. The first-order valence-corrected chi connectivity index (χ1v) is 12.7. The summed E-state index contributed by atoms with van der Waals surface area (Å²) in [6, 6.07) is 2.57. The number of para-hydroxylation sites is 1. The molecule has 13 heteroatoms. The zero-order chi connectivity index (χ0) is 24.7. The van der Waals surface area contributed by atoms with Gasteiger partial charge in [0.1, 0.15) is 11.8 Å². The van der Waals surface area contributed by atoms with Crippen LogP contribution in [0.4, 0.5) is 13.6 Å². The predicted octanol–water partition coefficient (Wildman–Crippen LogP) is 0.851. The molecular formula is C21H27F2N3O7S. The van der Waals surface area contributed by atoms with Crippen molar-refractivity contribution in [3.05, 3.63) is 29.8 Å². The van der Waals surface area contributed by atoms with E-state index in [1.54, 1.807) is 0 Å². The average Bonchev–Trinajstić information content (AvgIpc) is 3.18. The van der Waals surface area contributed by atoms with E-state index in [1.807, 2.05) is 0 Å². The third-order valence-corrected chi connectivity index (χ3v) is 7.11. The number of hydrogen-bond donors (Lipinski definition) is 2. The van der Waals surface area contributed by atoms with Gasteiger partial charge in [0.25, 0.3) is 0 Å². The zero-order valence-electron chi connectivity index (χ0n) is 18.4. The number of hydrogen-bond acceptors (Lipinski definition) is 7. The van der Waals surface area contributed by atoms with Gasteiger partial charge in [-0.1, -0.05) is 18.2 Å². The second-order valence-electron chi connectivity index (χ2n) is 8.06. The standard InChI is InChI=1S/C21H27F2N3O7S/c22-20(23)33-18-7-2-1-4-14(18)12-34(30,31)13-16(19(28)24-15-5-3-6-17(15)27)25-21(29)26-8-10-32-11-9-26/h1-2,4,7,15-16,20H,3,5-6,8-13H2,(H,24,28)(H,25,29). The summed E-state index contributed by atoms with van der Waals surface area (Å²) in [5, 5.41) is 4.97. The Morgan fingerprint density at radius 1 is 1.21 bits per heavy atom. The fourth-order valence-corrected chi connectivity index (χ4v) is 5.39. The van der Waals surface area contributed by atoms with E-state index in [0.717, 1.165) is 0 Å². The normalized spacial score (nSPS) is 19.7. The molecule has 0 radical (unpaired) electrons. The summed E-state index contributed by atoms with van der Waals surface area (Å²) < 4.78 is 60.8. The number of urea groups is 1. The predicted molar refractivity (Wildman–Crippen MR) is 116 cm³/mol. The highest BCUT2D eigenvalue weighted by molar-refractivity contribution is 7.90. The lowest BCUT2D eigenvalue weighted by Crippen LogP contribution is -2.57. The van der Waals surface area contributed by atoms with E-state index in [4.69, 9.17) is 4.74 Å². The maximum Gasteiger partial charge on any atom is 0.387 e. The third-order valence-electron chi connectivity index (χ3n) is 5.52. The number of ketones is 1. The molecule has 0 bridgehead atoms. The minimum absolute atomic E-state index is 0.00700. The molecule has 10 nitrogen and oxygen atoms in total. The molecular weight excluding hydrogens is 476 g/mol. The monoisotopic (exact) mass is 503 g/mol. The SMILES string of the molecule is O=C1CCCC1NC(=O)C(CS(=O)(=O)Cc1ccccc1OC(F)F)NC(=O)N1CCOCC1. The summed E-state index contributed by atoms with van der Waals surface area (Å²) in [6.45, 7) is -1.99. The summed E-state index contributed by atoms with van der Waals surface area (Å²) in [6.07, 6.45) is 1.35. The molecule has 2 atom stereocenters. The van der Waals surface area contributed by atoms with Crippen molar-refractivity contribution in [2.24, 2.45) is 0 Å². The lowest BCUT2D eigenvalue weighted by Gasteiger charge is -2.29. The fourth-order valence-electron chi connectivity index (χ4n) is 3.81. The lowest BCUT2D eigenvalue weighted by atomic mass is 10.2. The van der Waals surface area contributed by atoms with Crippen LogP contribution in [0.3, 0.4) is 0 Å². The van der Waals surface area contributed by atoms with Gasteiger partial charge in [-0.15, -0.1) is 0 Å². The number of ether oxygens (including phenoxy) is 2. The number of Topliss-reactive ketones (excluding diaryl/α,β-unsaturated/α-hetero) is 1. The quantitative estimate of drug-likeness (QED) is 0.511. The van der Waals surface area contributed by atoms with Crippen LogP contribution < -0.4 is 15.4 Å². The van der Waals surface area contributed by atoms with Gasteiger partial charge in [-0.3, -0.25) is 9.59 Å². The maximum absolute atomic E-state index is 12.9. The molecule has 2 aliphatic rings. The summed E-state index contributed by atoms with van der Waals surface area (Å²) in [5.74, 6) is -2.74. The molecule has 2 fully saturated rings. The molecule has 3 amide bonds. The van der Waals surface area contributed by atoms with Crippen molar-refractivity contribution in [3.8, 4) is 5.75 Å². The van der Waals surface area contributed by atoms with Crippen LogP contribution >= 0.6 is 0 Å². The second-order valence-corrected chi connectivity index (χ2v) is 10.2. The topological polar surface area (TPSA) is 131 Å². The van der Waals surface area contributed by atoms with Crippen LogP contribution in [-0.2, 0) is 29.9 Å². The molecule has 0 aromatic heterocycles. The number of halogens is 2. The zero-order valence-corrected chi connectivity index (χ0v) is 19.2. The molecule has 1 saturated carbocycles. The summed E-state index contributed by atoms with van der Waals surface area (Å²) in [4.78, 5) is 38.9. The minimum Gasteiger partial charge on any atom is -0.435 e. The maximum atomic E-state index is 12.9. The van der Waals surface area contributed by atoms with Crippen LogP contribution in [0.2, 0.25) is 0 Å². The van der Waals surface area contributed by atoms with Crippen molar-refractivity contribution in [1.29, 1.82) is 0 Å². The lowest BCUT2D eigenvalue weighted by molar-refractivity contribution is -0.127. The first-order valence-electron chi connectivity index (χ1n) is 10.8. The Bertz CT molecular complexity index is 1000. The smallest absolute Gasteiger partial charge is 0.387 e. The number of amides is 3. The Morgan fingerprint density at radius 2 is 1.91 bits per heavy atom. The largest absolute Gasteiger partial charge is 0.435 e. The Kier molecular flexibility index (Phi) is 8.78. The van der Waals surface area contributed by atoms with Crippen molar-refractivity contribution in [3.63, 3.8) is 0 Å². The molecule has 2 N–H and O–H groups in total. The number of sulfone groups is 1. The number of benzene rings is 1. The Labute approximate surface area is 195 Å². The number of nitrogens with one attached hydrogen (secondary N) is 2. The molecule has 1 aromatic carbocycles. The van der Waals surface area contributed by atoms with Gasteiger partial charge in [-0.05, 0) is 18.9 Å². The van der Waals surface area contributed by atoms with Crippen LogP contribution in [0.1, 0.15) is 24.8 Å². The molecule has 0 spiro atoms. The van der Waals surface area contributed by atoms with E-state index in [-0.39, 0.29) is 30.2 Å². The van der Waals surface area contributed by atoms with E-state index in [1.165, 1.54) is 29.2 Å². The van der Waals surface area contributed by atoms with E-state index in [2.05, 4.69) is 15.4 Å². The second kappa shape index (κ2) is 11.6. The summed E-state index contributed by atoms with van der Waals surface area (Å²) in [5.41, 5.74) is -0.00700. The van der Waals surface area contributed by atoms with Gasteiger partial charge >= 0.3 is 12.6 Å². The van der Waals surface area contributed by atoms with E-state index in [9.17, 15) is 31.6 Å². The van der Waals surface area contributed by atoms with Gasteiger partial charge in [0.15, 0.2) is 15.6 Å². The number of alkyl halides is 2. The Hall–Kier alpha value is -2.80. The van der Waals surface area contributed by atoms with Gasteiger partial charge in [0, 0.05) is 25.1 Å². The van der Waals surface area contributed by atoms with Crippen molar-refractivity contribution >= 4 is 27.6 Å². The first-order chi connectivity index (χ1) is 16.1. The molecule has 1 aromatic rings. The first kappa shape index (κ1) is 25.8. The third kappa shape index (κ3) is 7.35. The molecule has 3 rings (SSSR count). The molecule has 1 saturated heterocycles. The molecule has 1 aliphatic carbocycles. The van der Waals surface area contributed by atoms with Crippen molar-refractivity contribution in [2.75, 3.05) is 32.1 Å². The minimum atomic E-state index is -4.09.